The first-order valence-corrected chi connectivity index (χ1v) is 9.61. The van der Waals surface area contributed by atoms with Crippen LogP contribution < -0.4 is 19.9 Å². The summed E-state index contributed by atoms with van der Waals surface area (Å²) in [6, 6.07) is 3.11. The summed E-state index contributed by atoms with van der Waals surface area (Å²) in [5, 5.41) is 0.546. The van der Waals surface area contributed by atoms with Gasteiger partial charge in [0.1, 0.15) is 0 Å². The highest BCUT2D eigenvalue weighted by atomic mass is 35.5. The summed E-state index contributed by atoms with van der Waals surface area (Å²) in [5.74, 6) is -0.368. The van der Waals surface area contributed by atoms with Crippen LogP contribution in [-0.2, 0) is 11.2 Å². The number of carbonyl (C=O) groups is 2. The molecule has 0 radical (unpaired) electrons. The van der Waals surface area contributed by atoms with Gasteiger partial charge in [-0.25, -0.2) is 0 Å². The molecule has 0 saturated heterocycles. The second kappa shape index (κ2) is 10.3. The highest BCUT2D eigenvalue weighted by molar-refractivity contribution is 6.36. The van der Waals surface area contributed by atoms with Crippen molar-refractivity contribution in [3.05, 3.63) is 45.7 Å². The van der Waals surface area contributed by atoms with Crippen LogP contribution in [0.25, 0.3) is 0 Å². The fraction of sp³-hybridized carbons (Fsp3) is 0.350. The Morgan fingerprint density at radius 2 is 1.76 bits per heavy atom. The van der Waals surface area contributed by atoms with E-state index in [4.69, 9.17) is 43.1 Å². The fourth-order valence-electron chi connectivity index (χ4n) is 2.76. The number of primary amides is 1. The third-order valence-electron chi connectivity index (χ3n) is 4.22. The molecule has 1 aromatic heterocycles. The normalized spacial score (nSPS) is 11.6. The molecule has 0 aliphatic heterocycles. The number of nitrogens with zero attached hydrogens (tertiary/aromatic N) is 1. The van der Waals surface area contributed by atoms with Gasteiger partial charge in [-0.3, -0.25) is 14.6 Å². The van der Waals surface area contributed by atoms with Crippen LogP contribution in [0.2, 0.25) is 10.0 Å². The molecule has 0 saturated carbocycles. The van der Waals surface area contributed by atoms with Crippen LogP contribution >= 0.6 is 23.2 Å². The summed E-state index contributed by atoms with van der Waals surface area (Å²) in [6.45, 7) is 1.89. The van der Waals surface area contributed by atoms with Crippen molar-refractivity contribution >= 4 is 34.9 Å². The Kier molecular flexibility index (Phi) is 8.10. The fourth-order valence-corrected chi connectivity index (χ4v) is 3.26. The third-order valence-corrected chi connectivity index (χ3v) is 4.87. The minimum Gasteiger partial charge on any atom is -0.493 e. The van der Waals surface area contributed by atoms with Crippen LogP contribution in [-0.4, -0.2) is 37.0 Å². The predicted octanol–water partition coefficient (Wildman–Crippen LogP) is 3.86. The Hall–Kier alpha value is -2.51. The quantitative estimate of drug-likeness (QED) is 0.562. The van der Waals surface area contributed by atoms with Gasteiger partial charge in [0.25, 0.3) is 5.91 Å². The van der Waals surface area contributed by atoms with Crippen molar-refractivity contribution in [1.82, 2.24) is 4.98 Å². The Bertz CT molecular complexity index is 884. The zero-order valence-electron chi connectivity index (χ0n) is 16.3. The van der Waals surface area contributed by atoms with E-state index in [0.717, 1.165) is 0 Å². The zero-order valence-corrected chi connectivity index (χ0v) is 17.8. The van der Waals surface area contributed by atoms with Crippen LogP contribution in [0.15, 0.2) is 24.5 Å². The number of halogens is 2. The Balaban J connectivity index is 2.52. The number of ether oxygens (including phenoxy) is 3. The highest BCUT2D eigenvalue weighted by Gasteiger charge is 2.27. The van der Waals surface area contributed by atoms with E-state index in [-0.39, 0.29) is 39.3 Å². The Morgan fingerprint density at radius 3 is 2.28 bits per heavy atom. The summed E-state index contributed by atoms with van der Waals surface area (Å²) >= 11 is 12.3. The van der Waals surface area contributed by atoms with E-state index in [0.29, 0.717) is 24.2 Å². The molecule has 0 bridgehead atoms. The second-order valence-corrected chi connectivity index (χ2v) is 6.97. The molecule has 2 aromatic rings. The summed E-state index contributed by atoms with van der Waals surface area (Å²) in [4.78, 5) is 28.8. The molecule has 0 aliphatic carbocycles. The number of nitrogens with two attached hydrogens (primary N) is 1. The molecule has 0 fully saturated rings. The van der Waals surface area contributed by atoms with Crippen molar-refractivity contribution < 1.29 is 23.8 Å². The maximum atomic E-state index is 13.1. The first-order chi connectivity index (χ1) is 13.8. The van der Waals surface area contributed by atoms with E-state index in [2.05, 4.69) is 4.98 Å². The molecular weight excluding hydrogens is 419 g/mol. The number of methoxy groups -OCH3 is 2. The second-order valence-electron chi connectivity index (χ2n) is 6.16. The molecule has 9 heteroatoms. The summed E-state index contributed by atoms with van der Waals surface area (Å²) < 4.78 is 16.5. The van der Waals surface area contributed by atoms with Crippen molar-refractivity contribution in [3.63, 3.8) is 0 Å². The minimum absolute atomic E-state index is 0.0791. The lowest BCUT2D eigenvalue weighted by molar-refractivity contribution is -0.125. The lowest BCUT2D eigenvalue weighted by atomic mass is 10.0. The molecule has 2 N–H and O–H groups in total. The summed E-state index contributed by atoms with van der Waals surface area (Å²) in [6.07, 6.45) is 2.83. The third kappa shape index (κ3) is 5.31. The average molecular weight is 441 g/mol. The van der Waals surface area contributed by atoms with Crippen LogP contribution in [0.4, 0.5) is 0 Å². The van der Waals surface area contributed by atoms with E-state index in [9.17, 15) is 9.59 Å². The molecule has 156 valence electrons. The zero-order chi connectivity index (χ0) is 21.6. The van der Waals surface area contributed by atoms with Gasteiger partial charge in [-0.1, -0.05) is 36.5 Å². The maximum Gasteiger partial charge on any atom is 0.258 e. The Morgan fingerprint density at radius 1 is 1.10 bits per heavy atom. The van der Waals surface area contributed by atoms with E-state index in [1.54, 1.807) is 6.07 Å². The maximum absolute atomic E-state index is 13.1. The number of pyridine rings is 1. The number of rotatable bonds is 10. The first-order valence-electron chi connectivity index (χ1n) is 8.86. The topological polar surface area (TPSA) is 101 Å². The van der Waals surface area contributed by atoms with Gasteiger partial charge in [0.15, 0.2) is 23.4 Å². The van der Waals surface area contributed by atoms with Gasteiger partial charge in [0, 0.05) is 24.4 Å². The summed E-state index contributed by atoms with van der Waals surface area (Å²) in [7, 11) is 2.87. The highest BCUT2D eigenvalue weighted by Crippen LogP contribution is 2.41. The van der Waals surface area contributed by atoms with Crippen molar-refractivity contribution in [3.8, 4) is 17.2 Å². The average Bonchev–Trinajstić information content (AvgIpc) is 2.69. The molecule has 1 unspecified atom stereocenters. The van der Waals surface area contributed by atoms with Gasteiger partial charge in [-0.15, -0.1) is 0 Å². The lowest BCUT2D eigenvalue weighted by Gasteiger charge is -2.21. The van der Waals surface area contributed by atoms with E-state index in [1.165, 1.54) is 32.7 Å². The van der Waals surface area contributed by atoms with Crippen molar-refractivity contribution in [2.45, 2.75) is 32.3 Å². The molecule has 1 atom stereocenters. The largest absolute Gasteiger partial charge is 0.493 e. The monoisotopic (exact) mass is 440 g/mol. The van der Waals surface area contributed by atoms with Gasteiger partial charge in [-0.05, 0) is 18.6 Å². The van der Waals surface area contributed by atoms with Gasteiger partial charge in [0.2, 0.25) is 5.75 Å². The number of ketones is 1. The number of hydrogen-bond acceptors (Lipinski definition) is 6. The van der Waals surface area contributed by atoms with Crippen LogP contribution in [0.3, 0.4) is 0 Å². The number of carbonyl (C=O) groups excluding carboxylic acids is 2. The van der Waals surface area contributed by atoms with Gasteiger partial charge < -0.3 is 19.9 Å². The molecule has 29 heavy (non-hydrogen) atoms. The van der Waals surface area contributed by atoms with Crippen LogP contribution in [0, 0.1) is 0 Å². The van der Waals surface area contributed by atoms with Crippen molar-refractivity contribution in [2.75, 3.05) is 14.2 Å². The molecule has 7 nitrogen and oxygen atoms in total. The van der Waals surface area contributed by atoms with Crippen molar-refractivity contribution in [1.29, 1.82) is 0 Å². The summed E-state index contributed by atoms with van der Waals surface area (Å²) in [5.41, 5.74) is 6.09. The molecular formula is C20H22Cl2N2O5. The van der Waals surface area contributed by atoms with Gasteiger partial charge in [-0.2, -0.15) is 0 Å². The van der Waals surface area contributed by atoms with Gasteiger partial charge in [0.05, 0.1) is 29.8 Å². The van der Waals surface area contributed by atoms with E-state index in [1.807, 2.05) is 6.92 Å². The molecule has 1 heterocycles. The molecule has 2 rings (SSSR count). The predicted molar refractivity (Wildman–Crippen MR) is 110 cm³/mol. The number of aromatic nitrogens is 1. The molecule has 1 aromatic carbocycles. The number of Topliss-reactive ketones (excluding diaryl/α,β-unsaturated/α-hetero) is 1. The SMILES string of the molecule is CCCC(Oc1c(C(=O)Cc2c(Cl)cncc2Cl)ccc(OC)c1OC)C(N)=O. The first kappa shape index (κ1) is 22.8. The number of amides is 1. The molecule has 0 aliphatic rings. The van der Waals surface area contributed by atoms with E-state index < -0.39 is 12.0 Å². The van der Waals surface area contributed by atoms with Gasteiger partial charge >= 0.3 is 0 Å². The smallest absolute Gasteiger partial charge is 0.258 e. The Labute approximate surface area is 179 Å². The molecule has 1 amide bonds. The standard InChI is InChI=1S/C20H22Cl2N2O5/c1-4-5-17(20(23)26)29-18-11(6-7-16(27-2)19(18)28-3)15(25)8-12-13(21)9-24-10-14(12)22/h6-7,9-10,17H,4-5,8H2,1-3H3,(H2,23,26). The van der Waals surface area contributed by atoms with Crippen LogP contribution in [0.1, 0.15) is 35.7 Å². The molecule has 0 spiro atoms. The minimum atomic E-state index is -0.930. The lowest BCUT2D eigenvalue weighted by Crippen LogP contribution is -2.34. The van der Waals surface area contributed by atoms with E-state index >= 15 is 0 Å². The van der Waals surface area contributed by atoms with Crippen LogP contribution in [0.5, 0.6) is 17.2 Å². The number of benzene rings is 1. The number of hydrogen-bond donors (Lipinski definition) is 1. The van der Waals surface area contributed by atoms with Crippen molar-refractivity contribution in [2.24, 2.45) is 5.73 Å².